The maximum atomic E-state index is 6.44. The zero-order chi connectivity index (χ0) is 16.1. The van der Waals surface area contributed by atoms with Crippen LogP contribution in [0.1, 0.15) is 25.3 Å². The van der Waals surface area contributed by atoms with Crippen molar-refractivity contribution in [1.82, 2.24) is 0 Å². The second-order valence-electron chi connectivity index (χ2n) is 5.78. The molecule has 0 spiro atoms. The van der Waals surface area contributed by atoms with Gasteiger partial charge in [-0.15, -0.1) is 0 Å². The molecule has 0 heterocycles. The average molecular weight is 320 g/mol. The minimum Gasteiger partial charge on any atom is -0.464 e. The Balaban J connectivity index is 1.95. The molecule has 0 bridgehead atoms. The van der Waals surface area contributed by atoms with E-state index < -0.39 is 8.15 Å². The summed E-state index contributed by atoms with van der Waals surface area (Å²) in [6.45, 7) is 4.41. The zero-order valence-corrected chi connectivity index (χ0v) is 14.4. The maximum Gasteiger partial charge on any atom is 0.150 e. The standard InChI is InChI=1S/C21H21OP/c1-17(2)18-10-9-11-19(16-18)22-23(20-12-5-3-6-13-20)21-14-7-4-8-15-21/h3-17H,1-2H3. The molecule has 0 radical (unpaired) electrons. The van der Waals surface area contributed by atoms with Gasteiger partial charge in [-0.05, 0) is 23.6 Å². The van der Waals surface area contributed by atoms with E-state index in [1.807, 2.05) is 18.2 Å². The van der Waals surface area contributed by atoms with E-state index in [0.29, 0.717) is 5.92 Å². The molecule has 3 aromatic carbocycles. The minimum atomic E-state index is -0.859. The molecular weight excluding hydrogens is 299 g/mol. The fraction of sp³-hybridized carbons (Fsp3) is 0.143. The van der Waals surface area contributed by atoms with E-state index in [1.165, 1.54) is 16.2 Å². The Labute approximate surface area is 139 Å². The lowest BCUT2D eigenvalue weighted by Gasteiger charge is -2.20. The molecule has 0 fully saturated rings. The van der Waals surface area contributed by atoms with E-state index in [1.54, 1.807) is 0 Å². The highest BCUT2D eigenvalue weighted by molar-refractivity contribution is 7.68. The lowest BCUT2D eigenvalue weighted by Crippen LogP contribution is -2.15. The highest BCUT2D eigenvalue weighted by Crippen LogP contribution is 2.37. The van der Waals surface area contributed by atoms with Crippen molar-refractivity contribution in [1.29, 1.82) is 0 Å². The Morgan fingerprint density at radius 3 is 1.78 bits per heavy atom. The van der Waals surface area contributed by atoms with Gasteiger partial charge in [0.15, 0.2) is 8.15 Å². The largest absolute Gasteiger partial charge is 0.464 e. The van der Waals surface area contributed by atoms with Gasteiger partial charge in [-0.1, -0.05) is 86.6 Å². The fourth-order valence-corrected chi connectivity index (χ4v) is 4.14. The summed E-state index contributed by atoms with van der Waals surface area (Å²) in [7, 11) is -0.859. The van der Waals surface area contributed by atoms with Gasteiger partial charge in [-0.25, -0.2) is 0 Å². The van der Waals surface area contributed by atoms with E-state index in [-0.39, 0.29) is 0 Å². The molecule has 0 aliphatic carbocycles. The van der Waals surface area contributed by atoms with Crippen molar-refractivity contribution in [2.24, 2.45) is 0 Å². The fourth-order valence-electron chi connectivity index (χ4n) is 2.42. The van der Waals surface area contributed by atoms with Crippen LogP contribution >= 0.6 is 8.15 Å². The Bertz CT molecular complexity index is 699. The number of rotatable bonds is 5. The number of hydrogen-bond donors (Lipinski definition) is 0. The molecule has 1 nitrogen and oxygen atoms in total. The molecule has 0 N–H and O–H groups in total. The van der Waals surface area contributed by atoms with Crippen molar-refractivity contribution >= 4 is 18.8 Å². The smallest absolute Gasteiger partial charge is 0.150 e. The molecule has 116 valence electrons. The molecule has 0 aliphatic rings. The van der Waals surface area contributed by atoms with Gasteiger partial charge in [0.1, 0.15) is 5.75 Å². The molecule has 0 saturated carbocycles. The highest BCUT2D eigenvalue weighted by Gasteiger charge is 2.17. The van der Waals surface area contributed by atoms with E-state index in [0.717, 1.165) is 5.75 Å². The molecule has 0 amide bonds. The van der Waals surface area contributed by atoms with Crippen LogP contribution in [0.2, 0.25) is 0 Å². The summed E-state index contributed by atoms with van der Waals surface area (Å²) >= 11 is 0. The van der Waals surface area contributed by atoms with Crippen molar-refractivity contribution in [3.05, 3.63) is 90.5 Å². The molecule has 3 aromatic rings. The van der Waals surface area contributed by atoms with Crippen molar-refractivity contribution in [2.45, 2.75) is 19.8 Å². The Hall–Kier alpha value is -2.11. The predicted octanol–water partition coefficient (Wildman–Crippen LogP) is 5.24. The SMILES string of the molecule is CC(C)c1cccc(OP(c2ccccc2)c2ccccc2)c1. The van der Waals surface area contributed by atoms with E-state index >= 15 is 0 Å². The number of hydrogen-bond acceptors (Lipinski definition) is 1. The van der Waals surface area contributed by atoms with Gasteiger partial charge in [-0.2, -0.15) is 0 Å². The second kappa shape index (κ2) is 7.44. The van der Waals surface area contributed by atoms with Crippen LogP contribution < -0.4 is 15.1 Å². The van der Waals surface area contributed by atoms with Crippen molar-refractivity contribution in [3.63, 3.8) is 0 Å². The van der Waals surface area contributed by atoms with Gasteiger partial charge in [0.05, 0.1) is 0 Å². The van der Waals surface area contributed by atoms with Crippen molar-refractivity contribution < 1.29 is 4.52 Å². The van der Waals surface area contributed by atoms with Crippen molar-refractivity contribution in [3.8, 4) is 5.75 Å². The molecular formula is C21H21OP. The summed E-state index contributed by atoms with van der Waals surface area (Å²) in [6, 6.07) is 29.4. The van der Waals surface area contributed by atoms with Gasteiger partial charge in [0.25, 0.3) is 0 Å². The van der Waals surface area contributed by atoms with Crippen LogP contribution in [0.3, 0.4) is 0 Å². The van der Waals surface area contributed by atoms with E-state index in [9.17, 15) is 0 Å². The molecule has 0 atom stereocenters. The maximum absolute atomic E-state index is 6.44. The first-order valence-electron chi connectivity index (χ1n) is 7.92. The molecule has 3 rings (SSSR count). The summed E-state index contributed by atoms with van der Waals surface area (Å²) in [5, 5.41) is 2.45. The van der Waals surface area contributed by atoms with Crippen LogP contribution in [0.4, 0.5) is 0 Å². The first-order valence-corrected chi connectivity index (χ1v) is 9.18. The summed E-state index contributed by atoms with van der Waals surface area (Å²) in [5.41, 5.74) is 1.30. The first-order chi connectivity index (χ1) is 11.2. The third-order valence-corrected chi connectivity index (χ3v) is 5.63. The van der Waals surface area contributed by atoms with Gasteiger partial charge in [0.2, 0.25) is 0 Å². The Kier molecular flexibility index (Phi) is 5.10. The third kappa shape index (κ3) is 4.00. The molecule has 2 heteroatoms. The predicted molar refractivity (Wildman–Crippen MR) is 100 cm³/mol. The van der Waals surface area contributed by atoms with Crippen LogP contribution in [0.15, 0.2) is 84.9 Å². The first kappa shape index (κ1) is 15.8. The Morgan fingerprint density at radius 1 is 0.696 bits per heavy atom. The van der Waals surface area contributed by atoms with Crippen LogP contribution in [-0.2, 0) is 0 Å². The van der Waals surface area contributed by atoms with Gasteiger partial charge in [0, 0.05) is 10.6 Å². The lowest BCUT2D eigenvalue weighted by molar-refractivity contribution is 0.627. The zero-order valence-electron chi connectivity index (χ0n) is 13.5. The third-order valence-electron chi connectivity index (χ3n) is 3.70. The summed E-state index contributed by atoms with van der Waals surface area (Å²) < 4.78 is 6.44. The summed E-state index contributed by atoms with van der Waals surface area (Å²) in [5.74, 6) is 1.44. The molecule has 0 aromatic heterocycles. The highest BCUT2D eigenvalue weighted by atomic mass is 31.1. The van der Waals surface area contributed by atoms with E-state index in [4.69, 9.17) is 4.52 Å². The normalized spacial score (nSPS) is 11.0. The second-order valence-corrected chi connectivity index (χ2v) is 7.59. The van der Waals surface area contributed by atoms with Crippen molar-refractivity contribution in [2.75, 3.05) is 0 Å². The lowest BCUT2D eigenvalue weighted by atomic mass is 10.0. The summed E-state index contributed by atoms with van der Waals surface area (Å²) in [4.78, 5) is 0. The van der Waals surface area contributed by atoms with Gasteiger partial charge >= 0.3 is 0 Å². The van der Waals surface area contributed by atoms with Gasteiger partial charge in [-0.3, -0.25) is 0 Å². The van der Waals surface area contributed by atoms with Crippen LogP contribution in [-0.4, -0.2) is 0 Å². The molecule has 0 unspecified atom stereocenters. The monoisotopic (exact) mass is 320 g/mol. The summed E-state index contributed by atoms with van der Waals surface area (Å²) in [6.07, 6.45) is 0. The molecule has 23 heavy (non-hydrogen) atoms. The molecule has 0 saturated heterocycles. The quantitative estimate of drug-likeness (QED) is 0.584. The van der Waals surface area contributed by atoms with Gasteiger partial charge < -0.3 is 4.52 Å². The Morgan fingerprint density at radius 2 is 1.26 bits per heavy atom. The van der Waals surface area contributed by atoms with Crippen LogP contribution in [0, 0.1) is 0 Å². The number of benzene rings is 3. The minimum absolute atomic E-state index is 0.498. The molecule has 0 aliphatic heterocycles. The van der Waals surface area contributed by atoms with E-state index in [2.05, 4.69) is 80.6 Å². The van der Waals surface area contributed by atoms with Crippen LogP contribution in [0.5, 0.6) is 5.75 Å². The average Bonchev–Trinajstić information content (AvgIpc) is 2.61. The topological polar surface area (TPSA) is 9.23 Å². The van der Waals surface area contributed by atoms with Crippen LogP contribution in [0.25, 0.3) is 0 Å².